The summed E-state index contributed by atoms with van der Waals surface area (Å²) < 4.78 is 18.2. The SMILES string of the molecule is CCOC(=O)/C(=C\CCCN(C(=O)OC(C)(C)C)C(=O)OC(C)(C)C)c1cn(C2CCC(C)CC2)cn1. The van der Waals surface area contributed by atoms with Crippen LogP contribution < -0.4 is 0 Å². The van der Waals surface area contributed by atoms with E-state index in [1.165, 1.54) is 12.8 Å². The molecule has 0 aliphatic heterocycles. The van der Waals surface area contributed by atoms with Gasteiger partial charge < -0.3 is 18.8 Å². The van der Waals surface area contributed by atoms with Crippen LogP contribution in [0.4, 0.5) is 9.59 Å². The summed E-state index contributed by atoms with van der Waals surface area (Å²) in [6.07, 6.45) is 9.32. The lowest BCUT2D eigenvalue weighted by molar-refractivity contribution is -0.136. The predicted molar refractivity (Wildman–Crippen MR) is 142 cm³/mol. The quantitative estimate of drug-likeness (QED) is 0.166. The Morgan fingerprint density at radius 2 is 1.59 bits per heavy atom. The molecule has 0 atom stereocenters. The van der Waals surface area contributed by atoms with E-state index in [4.69, 9.17) is 14.2 Å². The molecular weight excluding hydrogens is 474 g/mol. The van der Waals surface area contributed by atoms with Gasteiger partial charge in [0.25, 0.3) is 0 Å². The van der Waals surface area contributed by atoms with Crippen LogP contribution >= 0.6 is 0 Å². The summed E-state index contributed by atoms with van der Waals surface area (Å²) in [5, 5.41) is 0. The van der Waals surface area contributed by atoms with Crippen LogP contribution in [0.2, 0.25) is 0 Å². The number of rotatable bonds is 8. The Morgan fingerprint density at radius 3 is 2.11 bits per heavy atom. The molecule has 1 aromatic heterocycles. The van der Waals surface area contributed by atoms with Crippen molar-refractivity contribution in [2.24, 2.45) is 5.92 Å². The summed E-state index contributed by atoms with van der Waals surface area (Å²) in [4.78, 5) is 43.6. The summed E-state index contributed by atoms with van der Waals surface area (Å²) in [6.45, 7) is 14.8. The molecule has 1 aliphatic carbocycles. The van der Waals surface area contributed by atoms with Crippen molar-refractivity contribution in [1.82, 2.24) is 14.5 Å². The van der Waals surface area contributed by atoms with Crippen LogP contribution in [0.25, 0.3) is 5.57 Å². The zero-order valence-electron chi connectivity index (χ0n) is 23.8. The molecule has 0 N–H and O–H groups in total. The fourth-order valence-corrected chi connectivity index (χ4v) is 4.10. The second kappa shape index (κ2) is 13.1. The first-order chi connectivity index (χ1) is 17.2. The van der Waals surface area contributed by atoms with Crippen molar-refractivity contribution >= 4 is 23.7 Å². The van der Waals surface area contributed by atoms with Crippen molar-refractivity contribution in [2.45, 2.75) is 111 Å². The first-order valence-electron chi connectivity index (χ1n) is 13.3. The molecule has 0 unspecified atom stereocenters. The maximum Gasteiger partial charge on any atom is 0.419 e. The Morgan fingerprint density at radius 1 is 1.03 bits per heavy atom. The van der Waals surface area contributed by atoms with Crippen LogP contribution in [0, 0.1) is 5.92 Å². The summed E-state index contributed by atoms with van der Waals surface area (Å²) in [7, 11) is 0. The standard InChI is InChI=1S/C28H45N3O6/c1-9-35-24(32)22(23-18-30(19-29-23)21-15-13-20(2)14-16-21)12-10-11-17-31(25(33)36-27(3,4)5)26(34)37-28(6,7)8/h12,18-21H,9-11,13-17H2,1-8H3/b22-12-. The van der Waals surface area contributed by atoms with Gasteiger partial charge in [0.05, 0.1) is 24.2 Å². The van der Waals surface area contributed by atoms with Gasteiger partial charge in [0.1, 0.15) is 11.2 Å². The fraction of sp³-hybridized carbons (Fsp3) is 0.714. The number of imide groups is 1. The number of amides is 2. The highest BCUT2D eigenvalue weighted by Gasteiger charge is 2.31. The molecule has 1 heterocycles. The second-order valence-electron chi connectivity index (χ2n) is 11.7. The van der Waals surface area contributed by atoms with Gasteiger partial charge in [0.2, 0.25) is 0 Å². The maximum absolute atomic E-state index is 12.7. The van der Waals surface area contributed by atoms with E-state index in [2.05, 4.69) is 16.5 Å². The van der Waals surface area contributed by atoms with Gasteiger partial charge in [-0.3, -0.25) is 0 Å². The number of ether oxygens (including phenoxy) is 3. The van der Waals surface area contributed by atoms with Crippen LogP contribution in [0.5, 0.6) is 0 Å². The zero-order valence-corrected chi connectivity index (χ0v) is 23.8. The largest absolute Gasteiger partial charge is 0.462 e. The van der Waals surface area contributed by atoms with Crippen molar-refractivity contribution in [1.29, 1.82) is 0 Å². The summed E-state index contributed by atoms with van der Waals surface area (Å²) in [5.41, 5.74) is -0.577. The molecule has 9 nitrogen and oxygen atoms in total. The van der Waals surface area contributed by atoms with Gasteiger partial charge >= 0.3 is 18.2 Å². The molecule has 0 spiro atoms. The summed E-state index contributed by atoms with van der Waals surface area (Å²) in [6, 6.07) is 0.386. The molecule has 9 heteroatoms. The lowest BCUT2D eigenvalue weighted by atomic mass is 9.87. The normalized spacial score (nSPS) is 18.8. The van der Waals surface area contributed by atoms with Gasteiger partial charge in [-0.05, 0) is 92.9 Å². The number of carbonyl (C=O) groups excluding carboxylic acids is 3. The highest BCUT2D eigenvalue weighted by Crippen LogP contribution is 2.32. The molecule has 0 aromatic carbocycles. The van der Waals surface area contributed by atoms with Gasteiger partial charge in [0.15, 0.2) is 0 Å². The minimum absolute atomic E-state index is 0.0745. The minimum atomic E-state index is -0.767. The lowest BCUT2D eigenvalue weighted by Gasteiger charge is -2.28. The monoisotopic (exact) mass is 519 g/mol. The van der Waals surface area contributed by atoms with Crippen LogP contribution in [0.15, 0.2) is 18.6 Å². The van der Waals surface area contributed by atoms with Crippen molar-refractivity contribution in [3.63, 3.8) is 0 Å². The Balaban J connectivity index is 2.14. The third-order valence-electron chi connectivity index (χ3n) is 5.94. The molecular formula is C28H45N3O6. The molecule has 208 valence electrons. The van der Waals surface area contributed by atoms with Crippen molar-refractivity contribution in [3.8, 4) is 0 Å². The molecule has 37 heavy (non-hydrogen) atoms. The topological polar surface area (TPSA) is 100.0 Å². The predicted octanol–water partition coefficient (Wildman–Crippen LogP) is 6.53. The van der Waals surface area contributed by atoms with Gasteiger partial charge in [-0.2, -0.15) is 0 Å². The Bertz CT molecular complexity index is 918. The van der Waals surface area contributed by atoms with Crippen LogP contribution in [-0.2, 0) is 19.0 Å². The number of nitrogens with zero attached hydrogens (tertiary/aromatic N) is 3. The highest BCUT2D eigenvalue weighted by molar-refractivity contribution is 6.15. The Hall–Kier alpha value is -2.84. The number of imidazole rings is 1. The first kappa shape index (κ1) is 30.4. The third-order valence-corrected chi connectivity index (χ3v) is 5.94. The van der Waals surface area contributed by atoms with E-state index in [1.54, 1.807) is 60.9 Å². The van der Waals surface area contributed by atoms with Crippen molar-refractivity contribution in [3.05, 3.63) is 24.3 Å². The Kier molecular flexibility index (Phi) is 10.8. The smallest absolute Gasteiger partial charge is 0.419 e. The van der Waals surface area contributed by atoms with E-state index >= 15 is 0 Å². The highest BCUT2D eigenvalue weighted by atomic mass is 16.6. The van der Waals surface area contributed by atoms with Crippen molar-refractivity contribution in [2.75, 3.05) is 13.2 Å². The first-order valence-corrected chi connectivity index (χ1v) is 13.3. The molecule has 2 amide bonds. The summed E-state index contributed by atoms with van der Waals surface area (Å²) >= 11 is 0. The molecule has 1 saturated carbocycles. The average molecular weight is 520 g/mol. The molecule has 1 aromatic rings. The molecule has 0 radical (unpaired) electrons. The van der Waals surface area contributed by atoms with E-state index in [0.717, 1.165) is 23.7 Å². The van der Waals surface area contributed by atoms with E-state index in [1.807, 2.05) is 6.20 Å². The average Bonchev–Trinajstić information content (AvgIpc) is 3.24. The number of aromatic nitrogens is 2. The van der Waals surface area contributed by atoms with Crippen LogP contribution in [0.3, 0.4) is 0 Å². The number of carbonyl (C=O) groups is 3. The zero-order chi connectivity index (χ0) is 27.8. The van der Waals surface area contributed by atoms with Gasteiger partial charge in [0, 0.05) is 18.8 Å². The van der Waals surface area contributed by atoms with Gasteiger partial charge in [-0.1, -0.05) is 13.0 Å². The third kappa shape index (κ3) is 10.2. The number of hydrogen-bond acceptors (Lipinski definition) is 7. The molecule has 1 fully saturated rings. The lowest BCUT2D eigenvalue weighted by Crippen LogP contribution is -2.44. The maximum atomic E-state index is 12.7. The van der Waals surface area contributed by atoms with E-state index < -0.39 is 29.4 Å². The number of allylic oxidation sites excluding steroid dienone is 1. The molecule has 1 aliphatic rings. The number of unbranched alkanes of at least 4 members (excludes halogenated alkanes) is 1. The van der Waals surface area contributed by atoms with E-state index in [-0.39, 0.29) is 13.2 Å². The number of esters is 1. The summed E-state index contributed by atoms with van der Waals surface area (Å²) in [5.74, 6) is 0.302. The van der Waals surface area contributed by atoms with Gasteiger partial charge in [-0.25, -0.2) is 24.3 Å². The molecule has 2 rings (SSSR count). The van der Waals surface area contributed by atoms with E-state index in [9.17, 15) is 14.4 Å². The minimum Gasteiger partial charge on any atom is -0.462 e. The number of hydrogen-bond donors (Lipinski definition) is 0. The van der Waals surface area contributed by atoms with Crippen LogP contribution in [0.1, 0.15) is 106 Å². The molecule has 0 bridgehead atoms. The molecule has 0 saturated heterocycles. The van der Waals surface area contributed by atoms with Crippen LogP contribution in [-0.4, -0.2) is 57.0 Å². The van der Waals surface area contributed by atoms with Gasteiger partial charge in [-0.15, -0.1) is 0 Å². The van der Waals surface area contributed by atoms with E-state index in [0.29, 0.717) is 30.2 Å². The second-order valence-corrected chi connectivity index (χ2v) is 11.7. The van der Waals surface area contributed by atoms with Crippen molar-refractivity contribution < 1.29 is 28.6 Å². The fourth-order valence-electron chi connectivity index (χ4n) is 4.10. The Labute approximate surface area is 221 Å².